The lowest BCUT2D eigenvalue weighted by Crippen LogP contribution is -2.12. The summed E-state index contributed by atoms with van der Waals surface area (Å²) < 4.78 is 10.6. The predicted octanol–water partition coefficient (Wildman–Crippen LogP) is 4.47. The number of allylic oxidation sites excluding steroid dienone is 1. The standard InChI is InChI=1S/C19H18O3/c1-3-21-15(2)22-18-12-10-17(11-13-18)19(20)14-9-16-7-5-4-6-8-16/h3-15H,1H2,2H3/b14-9+. The molecule has 0 bridgehead atoms. The number of carbonyl (C=O) groups excluding carboxylic acids is 1. The zero-order valence-corrected chi connectivity index (χ0v) is 12.4. The van der Waals surface area contributed by atoms with Crippen molar-refractivity contribution in [2.24, 2.45) is 0 Å². The summed E-state index contributed by atoms with van der Waals surface area (Å²) >= 11 is 0. The third-order valence-electron chi connectivity index (χ3n) is 2.96. The quantitative estimate of drug-likeness (QED) is 0.327. The first-order valence-corrected chi connectivity index (χ1v) is 6.99. The van der Waals surface area contributed by atoms with Crippen LogP contribution in [0.4, 0.5) is 0 Å². The highest BCUT2D eigenvalue weighted by Crippen LogP contribution is 2.15. The summed E-state index contributed by atoms with van der Waals surface area (Å²) in [4.78, 5) is 12.1. The summed E-state index contributed by atoms with van der Waals surface area (Å²) in [5.41, 5.74) is 1.60. The molecule has 112 valence electrons. The van der Waals surface area contributed by atoms with Gasteiger partial charge in [0, 0.05) is 12.5 Å². The second kappa shape index (κ2) is 7.84. The van der Waals surface area contributed by atoms with Crippen LogP contribution in [0.25, 0.3) is 6.08 Å². The number of benzene rings is 2. The fraction of sp³-hybridized carbons (Fsp3) is 0.105. The summed E-state index contributed by atoms with van der Waals surface area (Å²) in [6.07, 6.45) is 4.27. The van der Waals surface area contributed by atoms with E-state index in [1.165, 1.54) is 6.26 Å². The molecular formula is C19H18O3. The van der Waals surface area contributed by atoms with Crippen molar-refractivity contribution in [3.8, 4) is 5.75 Å². The van der Waals surface area contributed by atoms with Gasteiger partial charge in [0.1, 0.15) is 5.75 Å². The van der Waals surface area contributed by atoms with Gasteiger partial charge in [-0.2, -0.15) is 0 Å². The van der Waals surface area contributed by atoms with Gasteiger partial charge in [0.05, 0.1) is 6.26 Å². The SMILES string of the molecule is C=COC(C)Oc1ccc(C(=O)/C=C/c2ccccc2)cc1. The van der Waals surface area contributed by atoms with Gasteiger partial charge in [0.25, 0.3) is 0 Å². The van der Waals surface area contributed by atoms with E-state index in [1.807, 2.05) is 30.3 Å². The molecule has 22 heavy (non-hydrogen) atoms. The van der Waals surface area contributed by atoms with Crippen LogP contribution in [0.1, 0.15) is 22.8 Å². The number of carbonyl (C=O) groups is 1. The van der Waals surface area contributed by atoms with Gasteiger partial charge in [0.15, 0.2) is 5.78 Å². The van der Waals surface area contributed by atoms with E-state index in [0.29, 0.717) is 11.3 Å². The second-order valence-corrected chi connectivity index (χ2v) is 4.62. The predicted molar refractivity (Wildman–Crippen MR) is 87.6 cm³/mol. The van der Waals surface area contributed by atoms with E-state index in [1.54, 1.807) is 43.3 Å². The molecule has 0 amide bonds. The van der Waals surface area contributed by atoms with Crippen molar-refractivity contribution < 1.29 is 14.3 Å². The molecule has 0 saturated carbocycles. The zero-order chi connectivity index (χ0) is 15.8. The Balaban J connectivity index is 1.99. The maximum atomic E-state index is 12.1. The van der Waals surface area contributed by atoms with Crippen molar-refractivity contribution in [1.29, 1.82) is 0 Å². The van der Waals surface area contributed by atoms with Crippen molar-refractivity contribution in [1.82, 2.24) is 0 Å². The minimum atomic E-state index is -0.419. The molecule has 0 spiro atoms. The molecule has 0 fully saturated rings. The number of rotatable bonds is 7. The van der Waals surface area contributed by atoms with Gasteiger partial charge in [-0.25, -0.2) is 0 Å². The fourth-order valence-electron chi connectivity index (χ4n) is 1.88. The lowest BCUT2D eigenvalue weighted by Gasteiger charge is -2.13. The van der Waals surface area contributed by atoms with Gasteiger partial charge >= 0.3 is 0 Å². The van der Waals surface area contributed by atoms with Crippen LogP contribution in [-0.4, -0.2) is 12.1 Å². The van der Waals surface area contributed by atoms with Crippen LogP contribution >= 0.6 is 0 Å². The molecule has 2 aromatic carbocycles. The molecule has 0 radical (unpaired) electrons. The van der Waals surface area contributed by atoms with E-state index in [4.69, 9.17) is 9.47 Å². The van der Waals surface area contributed by atoms with E-state index < -0.39 is 6.29 Å². The lowest BCUT2D eigenvalue weighted by molar-refractivity contribution is -0.0131. The summed E-state index contributed by atoms with van der Waals surface area (Å²) in [5, 5.41) is 0. The molecule has 0 aliphatic rings. The Kier molecular flexibility index (Phi) is 5.55. The van der Waals surface area contributed by atoms with E-state index in [-0.39, 0.29) is 5.78 Å². The highest BCUT2D eigenvalue weighted by atomic mass is 16.7. The summed E-state index contributed by atoms with van der Waals surface area (Å²) in [7, 11) is 0. The third kappa shape index (κ3) is 4.63. The first-order chi connectivity index (χ1) is 10.7. The Morgan fingerprint density at radius 3 is 2.41 bits per heavy atom. The monoisotopic (exact) mass is 294 g/mol. The average Bonchev–Trinajstić information content (AvgIpc) is 2.54. The smallest absolute Gasteiger partial charge is 0.237 e. The molecular weight excluding hydrogens is 276 g/mol. The van der Waals surface area contributed by atoms with Crippen LogP contribution in [0.5, 0.6) is 5.75 Å². The van der Waals surface area contributed by atoms with Gasteiger partial charge in [-0.05, 0) is 35.9 Å². The Bertz CT molecular complexity index is 642. The largest absolute Gasteiger partial charge is 0.463 e. The molecule has 0 N–H and O–H groups in total. The molecule has 0 aliphatic carbocycles. The molecule has 2 rings (SSSR count). The molecule has 0 heterocycles. The van der Waals surface area contributed by atoms with Crippen molar-refractivity contribution in [3.63, 3.8) is 0 Å². The molecule has 0 aliphatic heterocycles. The van der Waals surface area contributed by atoms with Gasteiger partial charge in [-0.1, -0.05) is 43.0 Å². The average molecular weight is 294 g/mol. The van der Waals surface area contributed by atoms with E-state index in [9.17, 15) is 4.79 Å². The minimum Gasteiger partial charge on any atom is -0.463 e. The van der Waals surface area contributed by atoms with E-state index in [0.717, 1.165) is 5.56 Å². The highest BCUT2D eigenvalue weighted by Gasteiger charge is 2.05. The number of ketones is 1. The van der Waals surface area contributed by atoms with Crippen LogP contribution in [0.15, 0.2) is 73.5 Å². The summed E-state index contributed by atoms with van der Waals surface area (Å²) in [6, 6.07) is 16.6. The minimum absolute atomic E-state index is 0.0502. The van der Waals surface area contributed by atoms with Crippen LogP contribution < -0.4 is 4.74 Å². The van der Waals surface area contributed by atoms with Gasteiger partial charge in [-0.15, -0.1) is 0 Å². The molecule has 3 nitrogen and oxygen atoms in total. The number of hydrogen-bond donors (Lipinski definition) is 0. The van der Waals surface area contributed by atoms with Crippen LogP contribution in [0, 0.1) is 0 Å². The summed E-state index contributed by atoms with van der Waals surface area (Å²) in [6.45, 7) is 5.24. The molecule has 2 aromatic rings. The molecule has 0 aromatic heterocycles. The molecule has 3 heteroatoms. The van der Waals surface area contributed by atoms with Gasteiger partial charge in [-0.3, -0.25) is 4.79 Å². The summed E-state index contributed by atoms with van der Waals surface area (Å²) in [5.74, 6) is 0.587. The van der Waals surface area contributed by atoms with Crippen molar-refractivity contribution in [3.05, 3.63) is 84.6 Å². The second-order valence-electron chi connectivity index (χ2n) is 4.62. The first kappa shape index (κ1) is 15.6. The Labute approximate surface area is 130 Å². The Morgan fingerprint density at radius 1 is 1.09 bits per heavy atom. The van der Waals surface area contributed by atoms with Crippen molar-refractivity contribution in [2.45, 2.75) is 13.2 Å². The Morgan fingerprint density at radius 2 is 1.77 bits per heavy atom. The van der Waals surface area contributed by atoms with E-state index >= 15 is 0 Å². The molecule has 1 atom stereocenters. The lowest BCUT2D eigenvalue weighted by atomic mass is 10.1. The van der Waals surface area contributed by atoms with Crippen LogP contribution in [0.3, 0.4) is 0 Å². The number of ether oxygens (including phenoxy) is 2. The van der Waals surface area contributed by atoms with Gasteiger partial charge < -0.3 is 9.47 Å². The molecule has 1 unspecified atom stereocenters. The Hall–Kier alpha value is -2.81. The van der Waals surface area contributed by atoms with Crippen molar-refractivity contribution >= 4 is 11.9 Å². The zero-order valence-electron chi connectivity index (χ0n) is 12.4. The maximum Gasteiger partial charge on any atom is 0.237 e. The van der Waals surface area contributed by atoms with Gasteiger partial charge in [0.2, 0.25) is 6.29 Å². The number of hydrogen-bond acceptors (Lipinski definition) is 3. The normalized spacial score (nSPS) is 11.9. The van der Waals surface area contributed by atoms with E-state index in [2.05, 4.69) is 6.58 Å². The van der Waals surface area contributed by atoms with Crippen LogP contribution in [-0.2, 0) is 4.74 Å². The highest BCUT2D eigenvalue weighted by molar-refractivity contribution is 6.06. The van der Waals surface area contributed by atoms with Crippen molar-refractivity contribution in [2.75, 3.05) is 0 Å². The maximum absolute atomic E-state index is 12.1. The topological polar surface area (TPSA) is 35.5 Å². The van der Waals surface area contributed by atoms with Crippen LogP contribution in [0.2, 0.25) is 0 Å². The first-order valence-electron chi connectivity index (χ1n) is 6.99. The fourth-order valence-corrected chi connectivity index (χ4v) is 1.88. The molecule has 0 saturated heterocycles. The third-order valence-corrected chi connectivity index (χ3v) is 2.96.